The highest BCUT2D eigenvalue weighted by Gasteiger charge is 2.30. The van der Waals surface area contributed by atoms with Gasteiger partial charge in [-0.05, 0) is 19.8 Å². The van der Waals surface area contributed by atoms with Crippen molar-refractivity contribution >= 4 is 5.78 Å². The van der Waals surface area contributed by atoms with Crippen LogP contribution < -0.4 is 5.32 Å². The van der Waals surface area contributed by atoms with E-state index in [4.69, 9.17) is 0 Å². The third-order valence-corrected chi connectivity index (χ3v) is 2.92. The molecule has 3 nitrogen and oxygen atoms in total. The highest BCUT2D eigenvalue weighted by atomic mass is 16.3. The van der Waals surface area contributed by atoms with Gasteiger partial charge in [-0.1, -0.05) is 0 Å². The minimum absolute atomic E-state index is 0.0876. The van der Waals surface area contributed by atoms with Gasteiger partial charge >= 0.3 is 0 Å². The van der Waals surface area contributed by atoms with Crippen molar-refractivity contribution in [2.75, 3.05) is 0 Å². The molecule has 2 aliphatic rings. The lowest BCUT2D eigenvalue weighted by Crippen LogP contribution is -2.43. The molecule has 0 fully saturated rings. The Bertz CT molecular complexity index is 270. The van der Waals surface area contributed by atoms with Gasteiger partial charge in [0.1, 0.15) is 0 Å². The number of nitrogens with one attached hydrogen (secondary N) is 1. The van der Waals surface area contributed by atoms with Crippen molar-refractivity contribution in [3.8, 4) is 0 Å². The number of rotatable bonds is 0. The van der Waals surface area contributed by atoms with E-state index in [1.807, 2.05) is 6.92 Å². The molecular formula is C10H15NO2. The SMILES string of the molecule is C[C@@H]1NC2=C(C[C@H]1O)C(=O)CCC2. The van der Waals surface area contributed by atoms with Gasteiger partial charge in [-0.2, -0.15) is 0 Å². The van der Waals surface area contributed by atoms with Crippen LogP contribution in [0, 0.1) is 0 Å². The Morgan fingerprint density at radius 1 is 1.46 bits per heavy atom. The molecule has 1 aliphatic heterocycles. The first kappa shape index (κ1) is 8.75. The second kappa shape index (κ2) is 3.14. The van der Waals surface area contributed by atoms with Crippen molar-refractivity contribution in [3.63, 3.8) is 0 Å². The Labute approximate surface area is 77.8 Å². The topological polar surface area (TPSA) is 49.3 Å². The molecule has 0 aromatic rings. The largest absolute Gasteiger partial charge is 0.391 e. The average molecular weight is 181 g/mol. The van der Waals surface area contributed by atoms with E-state index in [2.05, 4.69) is 5.32 Å². The van der Waals surface area contributed by atoms with Gasteiger partial charge in [0, 0.05) is 30.2 Å². The van der Waals surface area contributed by atoms with Crippen molar-refractivity contribution in [2.24, 2.45) is 0 Å². The Morgan fingerprint density at radius 3 is 3.00 bits per heavy atom. The highest BCUT2D eigenvalue weighted by Crippen LogP contribution is 2.28. The molecule has 3 heteroatoms. The molecule has 2 atom stereocenters. The molecule has 0 unspecified atom stereocenters. The summed E-state index contributed by atoms with van der Waals surface area (Å²) in [7, 11) is 0. The van der Waals surface area contributed by atoms with Gasteiger partial charge in [-0.25, -0.2) is 0 Å². The molecule has 2 rings (SSSR count). The normalized spacial score (nSPS) is 34.2. The standard InChI is InChI=1S/C10H15NO2/c1-6-10(13)5-7-8(11-6)3-2-4-9(7)12/h6,10-11,13H,2-5H2,1H3/t6-,10+/m0/s1. The molecule has 0 radical (unpaired) electrons. The number of Topliss-reactive ketones (excluding diaryl/α,β-unsaturated/α-hetero) is 1. The monoisotopic (exact) mass is 181 g/mol. The van der Waals surface area contributed by atoms with Gasteiger partial charge < -0.3 is 10.4 Å². The summed E-state index contributed by atoms with van der Waals surface area (Å²) in [6, 6.07) is 0.0876. The number of ketones is 1. The molecule has 1 aliphatic carbocycles. The van der Waals surface area contributed by atoms with E-state index < -0.39 is 6.10 Å². The quantitative estimate of drug-likeness (QED) is 0.579. The summed E-state index contributed by atoms with van der Waals surface area (Å²) in [5.74, 6) is 0.222. The van der Waals surface area contributed by atoms with E-state index in [9.17, 15) is 9.90 Å². The Morgan fingerprint density at radius 2 is 2.23 bits per heavy atom. The number of carbonyl (C=O) groups excluding carboxylic acids is 1. The fraction of sp³-hybridized carbons (Fsp3) is 0.700. The number of aliphatic hydroxyl groups is 1. The molecule has 0 saturated carbocycles. The van der Waals surface area contributed by atoms with Gasteiger partial charge in [0.25, 0.3) is 0 Å². The maximum atomic E-state index is 11.5. The molecule has 0 spiro atoms. The molecule has 0 aromatic heterocycles. The molecule has 1 heterocycles. The van der Waals surface area contributed by atoms with Crippen molar-refractivity contribution in [1.82, 2.24) is 5.32 Å². The second-order valence-electron chi connectivity index (χ2n) is 3.94. The van der Waals surface area contributed by atoms with Crippen LogP contribution in [0.25, 0.3) is 0 Å². The van der Waals surface area contributed by atoms with Crippen LogP contribution in [-0.2, 0) is 4.79 Å². The van der Waals surface area contributed by atoms with Gasteiger partial charge in [-0.15, -0.1) is 0 Å². The van der Waals surface area contributed by atoms with Crippen LogP contribution in [0.3, 0.4) is 0 Å². The summed E-state index contributed by atoms with van der Waals surface area (Å²) < 4.78 is 0. The van der Waals surface area contributed by atoms with E-state index in [-0.39, 0.29) is 11.8 Å². The predicted octanol–water partition coefficient (Wildman–Crippen LogP) is 0.736. The summed E-state index contributed by atoms with van der Waals surface area (Å²) in [5, 5.41) is 12.8. The smallest absolute Gasteiger partial charge is 0.160 e. The van der Waals surface area contributed by atoms with Crippen LogP contribution in [0.4, 0.5) is 0 Å². The fourth-order valence-electron chi connectivity index (χ4n) is 2.05. The zero-order valence-electron chi connectivity index (χ0n) is 7.84. The fourth-order valence-corrected chi connectivity index (χ4v) is 2.05. The Balaban J connectivity index is 2.26. The third kappa shape index (κ3) is 1.48. The number of hydrogen-bond acceptors (Lipinski definition) is 3. The molecule has 2 N–H and O–H groups in total. The lowest BCUT2D eigenvalue weighted by Gasteiger charge is -2.33. The minimum Gasteiger partial charge on any atom is -0.391 e. The maximum Gasteiger partial charge on any atom is 0.160 e. The Hall–Kier alpha value is -0.830. The van der Waals surface area contributed by atoms with Crippen molar-refractivity contribution in [1.29, 1.82) is 0 Å². The summed E-state index contributed by atoms with van der Waals surface area (Å²) in [6.45, 7) is 1.95. The lowest BCUT2D eigenvalue weighted by atomic mass is 9.86. The van der Waals surface area contributed by atoms with Gasteiger partial charge in [-0.3, -0.25) is 4.79 Å². The average Bonchev–Trinajstić information content (AvgIpc) is 2.09. The van der Waals surface area contributed by atoms with E-state index in [1.54, 1.807) is 0 Å². The molecular weight excluding hydrogens is 166 g/mol. The lowest BCUT2D eigenvalue weighted by molar-refractivity contribution is -0.116. The van der Waals surface area contributed by atoms with Crippen LogP contribution in [0.5, 0.6) is 0 Å². The van der Waals surface area contributed by atoms with Crippen molar-refractivity contribution in [3.05, 3.63) is 11.3 Å². The van der Waals surface area contributed by atoms with E-state index >= 15 is 0 Å². The number of hydrogen-bond donors (Lipinski definition) is 2. The van der Waals surface area contributed by atoms with Crippen LogP contribution in [0.1, 0.15) is 32.6 Å². The molecule has 0 amide bonds. The summed E-state index contributed by atoms with van der Waals surface area (Å²) in [4.78, 5) is 11.5. The zero-order valence-corrected chi connectivity index (χ0v) is 7.84. The first-order valence-corrected chi connectivity index (χ1v) is 4.88. The minimum atomic E-state index is -0.402. The van der Waals surface area contributed by atoms with E-state index in [0.717, 1.165) is 24.1 Å². The third-order valence-electron chi connectivity index (χ3n) is 2.92. The molecule has 0 saturated heterocycles. The van der Waals surface area contributed by atoms with E-state index in [1.165, 1.54) is 0 Å². The first-order chi connectivity index (χ1) is 6.18. The van der Waals surface area contributed by atoms with E-state index in [0.29, 0.717) is 12.8 Å². The summed E-state index contributed by atoms with van der Waals surface area (Å²) >= 11 is 0. The second-order valence-corrected chi connectivity index (χ2v) is 3.94. The van der Waals surface area contributed by atoms with Crippen LogP contribution in [0.15, 0.2) is 11.3 Å². The van der Waals surface area contributed by atoms with Crippen LogP contribution in [0.2, 0.25) is 0 Å². The zero-order chi connectivity index (χ0) is 9.42. The van der Waals surface area contributed by atoms with Gasteiger partial charge in [0.15, 0.2) is 5.78 Å². The highest BCUT2D eigenvalue weighted by molar-refractivity contribution is 5.97. The summed E-state index contributed by atoms with van der Waals surface area (Å²) in [6.07, 6.45) is 2.72. The predicted molar refractivity (Wildman–Crippen MR) is 49.1 cm³/mol. The first-order valence-electron chi connectivity index (χ1n) is 4.88. The Kier molecular flexibility index (Phi) is 2.12. The number of carbonyl (C=O) groups is 1. The molecule has 0 aromatic carbocycles. The molecule has 13 heavy (non-hydrogen) atoms. The van der Waals surface area contributed by atoms with Crippen molar-refractivity contribution < 1.29 is 9.90 Å². The molecule has 0 bridgehead atoms. The van der Waals surface area contributed by atoms with Crippen molar-refractivity contribution in [2.45, 2.75) is 44.8 Å². The van der Waals surface area contributed by atoms with Gasteiger partial charge in [0.05, 0.1) is 6.10 Å². The summed E-state index contributed by atoms with van der Waals surface area (Å²) in [5.41, 5.74) is 1.92. The van der Waals surface area contributed by atoms with Gasteiger partial charge in [0.2, 0.25) is 0 Å². The van der Waals surface area contributed by atoms with Crippen LogP contribution >= 0.6 is 0 Å². The number of allylic oxidation sites excluding steroid dienone is 1. The maximum absolute atomic E-state index is 11.5. The van der Waals surface area contributed by atoms with Crippen LogP contribution in [-0.4, -0.2) is 23.0 Å². The molecule has 72 valence electrons. The number of aliphatic hydroxyl groups excluding tert-OH is 1.